The third-order valence-electron chi connectivity index (χ3n) is 8.68. The van der Waals surface area contributed by atoms with E-state index in [1.54, 1.807) is 18.2 Å². The van der Waals surface area contributed by atoms with Gasteiger partial charge in [-0.05, 0) is 75.7 Å². The van der Waals surface area contributed by atoms with E-state index in [-0.39, 0.29) is 28.9 Å². The third kappa shape index (κ3) is 4.57. The van der Waals surface area contributed by atoms with Crippen molar-refractivity contribution in [1.82, 2.24) is 20.2 Å². The molecule has 2 aromatic heterocycles. The summed E-state index contributed by atoms with van der Waals surface area (Å²) in [6.07, 6.45) is 4.45. The van der Waals surface area contributed by atoms with Crippen molar-refractivity contribution in [3.05, 3.63) is 40.5 Å². The van der Waals surface area contributed by atoms with Gasteiger partial charge in [-0.3, -0.25) is 4.90 Å². The summed E-state index contributed by atoms with van der Waals surface area (Å²) < 4.78 is 23.8. The molecular weight excluding hydrogens is 549 g/mol. The van der Waals surface area contributed by atoms with Crippen molar-refractivity contribution in [2.75, 3.05) is 31.1 Å². The normalized spacial score (nSPS) is 23.2. The van der Waals surface area contributed by atoms with Gasteiger partial charge in [-0.25, -0.2) is 4.39 Å². The average Bonchev–Trinajstić information content (AvgIpc) is 3.66. The quantitative estimate of drug-likeness (QED) is 0.281. The van der Waals surface area contributed by atoms with E-state index < -0.39 is 5.82 Å². The minimum atomic E-state index is -0.498. The Morgan fingerprint density at radius 1 is 1.15 bits per heavy atom. The predicted molar refractivity (Wildman–Crippen MR) is 160 cm³/mol. The molecule has 210 valence electrons. The van der Waals surface area contributed by atoms with Crippen molar-refractivity contribution in [3.63, 3.8) is 0 Å². The Morgan fingerprint density at radius 2 is 1.95 bits per heavy atom. The molecule has 0 aliphatic carbocycles. The summed E-state index contributed by atoms with van der Waals surface area (Å²) in [7, 11) is 0. The lowest BCUT2D eigenvalue weighted by atomic mass is 10.0. The molecule has 0 amide bonds. The van der Waals surface area contributed by atoms with Crippen LogP contribution in [0.25, 0.3) is 32.1 Å². The van der Waals surface area contributed by atoms with Gasteiger partial charge in [-0.1, -0.05) is 11.6 Å². The van der Waals surface area contributed by atoms with Crippen molar-refractivity contribution in [2.45, 2.75) is 63.7 Å². The van der Waals surface area contributed by atoms with Crippen LogP contribution in [0.3, 0.4) is 0 Å². The highest BCUT2D eigenvalue weighted by Gasteiger charge is 2.35. The van der Waals surface area contributed by atoms with Gasteiger partial charge in [0.25, 0.3) is 0 Å². The Labute approximate surface area is 241 Å². The molecule has 2 N–H and O–H groups in total. The van der Waals surface area contributed by atoms with Gasteiger partial charge in [0.15, 0.2) is 5.82 Å². The van der Waals surface area contributed by atoms with Gasteiger partial charge in [0.05, 0.1) is 5.02 Å². The van der Waals surface area contributed by atoms with Gasteiger partial charge < -0.3 is 20.1 Å². The molecular formula is C30H33ClFN5O2S. The highest BCUT2D eigenvalue weighted by Crippen LogP contribution is 2.44. The lowest BCUT2D eigenvalue weighted by Crippen LogP contribution is -2.51. The number of hydrogen-bond acceptors (Lipinski definition) is 8. The molecule has 10 heteroatoms. The number of anilines is 1. The molecule has 0 saturated carbocycles. The van der Waals surface area contributed by atoms with E-state index in [1.165, 1.54) is 11.3 Å². The number of benzene rings is 2. The average molecular weight is 582 g/mol. The van der Waals surface area contributed by atoms with Crippen LogP contribution in [0.1, 0.15) is 39.5 Å². The standard InChI is InChI=1S/C30H33ClFN5O2S/c1-16(2)37-9-3-4-19(37)14-39-30-34-28-22(29(35-30)36-12-17-5-6-18(13-36)33-17)11-24(31)26(27(28)32)23-15-40-25-8-7-20(38)10-21(23)25/h7-8,10-11,15-19,33,38H,3-6,9,12-14H2,1-2H3/t17?,18?,19-/m0/s1. The fourth-order valence-corrected chi connectivity index (χ4v) is 8.01. The van der Waals surface area contributed by atoms with Crippen molar-refractivity contribution in [1.29, 1.82) is 0 Å². The number of nitrogens with one attached hydrogen (secondary N) is 1. The Morgan fingerprint density at radius 3 is 2.73 bits per heavy atom. The van der Waals surface area contributed by atoms with Crippen LogP contribution >= 0.6 is 22.9 Å². The molecule has 7 nitrogen and oxygen atoms in total. The summed E-state index contributed by atoms with van der Waals surface area (Å²) in [5.41, 5.74) is 1.13. The number of likely N-dealkylation sites (tertiary alicyclic amines) is 1. The van der Waals surface area contributed by atoms with Crippen LogP contribution in [0.5, 0.6) is 11.8 Å². The first kappa shape index (κ1) is 26.2. The number of thiophene rings is 1. The van der Waals surface area contributed by atoms with E-state index in [4.69, 9.17) is 21.3 Å². The highest BCUT2D eigenvalue weighted by molar-refractivity contribution is 7.17. The summed E-state index contributed by atoms with van der Waals surface area (Å²) in [4.78, 5) is 14.2. The molecule has 3 aliphatic rings. The maximum atomic E-state index is 16.6. The lowest BCUT2D eigenvalue weighted by Gasteiger charge is -2.34. The van der Waals surface area contributed by atoms with Crippen LogP contribution < -0.4 is 15.0 Å². The second-order valence-electron chi connectivity index (χ2n) is 11.6. The Kier molecular flexibility index (Phi) is 6.73. The predicted octanol–water partition coefficient (Wildman–Crippen LogP) is 6.20. The van der Waals surface area contributed by atoms with E-state index in [9.17, 15) is 5.11 Å². The molecule has 7 rings (SSSR count). The Bertz CT molecular complexity index is 1580. The molecule has 3 fully saturated rings. The molecule has 5 heterocycles. The van der Waals surface area contributed by atoms with Crippen LogP contribution in [0.15, 0.2) is 29.6 Å². The van der Waals surface area contributed by atoms with Crippen LogP contribution in [-0.4, -0.2) is 70.4 Å². The summed E-state index contributed by atoms with van der Waals surface area (Å²) in [5.74, 6) is 0.299. The van der Waals surface area contributed by atoms with Gasteiger partial charge in [0.2, 0.25) is 0 Å². The first-order chi connectivity index (χ1) is 19.4. The number of nitrogens with zero attached hydrogens (tertiary/aromatic N) is 4. The SMILES string of the molecule is CC(C)N1CCC[C@H]1COc1nc(N2CC3CCC(C2)N3)c2cc(Cl)c(-c3csc4ccc(O)cc34)c(F)c2n1. The molecule has 2 aromatic carbocycles. The van der Waals surface area contributed by atoms with Gasteiger partial charge in [0, 0.05) is 63.9 Å². The maximum absolute atomic E-state index is 16.6. The second-order valence-corrected chi connectivity index (χ2v) is 12.9. The van der Waals surface area contributed by atoms with E-state index in [0.29, 0.717) is 46.5 Å². The summed E-state index contributed by atoms with van der Waals surface area (Å²) >= 11 is 8.32. The summed E-state index contributed by atoms with van der Waals surface area (Å²) in [5, 5.41) is 17.3. The zero-order valence-corrected chi connectivity index (χ0v) is 24.2. The molecule has 0 spiro atoms. The van der Waals surface area contributed by atoms with Crippen LogP contribution in [-0.2, 0) is 0 Å². The van der Waals surface area contributed by atoms with Gasteiger partial charge in [-0.2, -0.15) is 9.97 Å². The van der Waals surface area contributed by atoms with Crippen molar-refractivity contribution in [2.24, 2.45) is 0 Å². The van der Waals surface area contributed by atoms with Crippen LogP contribution in [0.2, 0.25) is 5.02 Å². The molecule has 3 aliphatic heterocycles. The first-order valence-corrected chi connectivity index (χ1v) is 15.4. The zero-order chi connectivity index (χ0) is 27.5. The topological polar surface area (TPSA) is 73.8 Å². The van der Waals surface area contributed by atoms with Crippen molar-refractivity contribution >= 4 is 49.7 Å². The number of piperazine rings is 1. The molecule has 3 atom stereocenters. The van der Waals surface area contributed by atoms with E-state index >= 15 is 4.39 Å². The lowest BCUT2D eigenvalue weighted by molar-refractivity contribution is 0.138. The summed E-state index contributed by atoms with van der Waals surface area (Å²) in [6, 6.07) is 8.60. The van der Waals surface area contributed by atoms with Gasteiger partial charge >= 0.3 is 6.01 Å². The number of phenols is 1. The molecule has 2 unspecified atom stereocenters. The molecule has 3 saturated heterocycles. The fourth-order valence-electron chi connectivity index (χ4n) is 6.78. The molecule has 4 aromatic rings. The molecule has 2 bridgehead atoms. The van der Waals surface area contributed by atoms with E-state index in [2.05, 4.69) is 33.9 Å². The number of halogens is 2. The van der Waals surface area contributed by atoms with E-state index in [0.717, 1.165) is 55.4 Å². The maximum Gasteiger partial charge on any atom is 0.319 e. The first-order valence-electron chi connectivity index (χ1n) is 14.2. The number of aromatic hydroxyl groups is 1. The number of rotatable bonds is 6. The second kappa shape index (κ2) is 10.3. The van der Waals surface area contributed by atoms with Crippen molar-refractivity contribution in [3.8, 4) is 22.9 Å². The largest absolute Gasteiger partial charge is 0.508 e. The summed E-state index contributed by atoms with van der Waals surface area (Å²) in [6.45, 7) is 7.51. The molecule has 40 heavy (non-hydrogen) atoms. The third-order valence-corrected chi connectivity index (χ3v) is 9.94. The van der Waals surface area contributed by atoms with E-state index in [1.807, 2.05) is 11.4 Å². The minimum absolute atomic E-state index is 0.125. The minimum Gasteiger partial charge on any atom is -0.508 e. The zero-order valence-electron chi connectivity index (χ0n) is 22.7. The van der Waals surface area contributed by atoms with Crippen LogP contribution in [0, 0.1) is 5.82 Å². The molecule has 0 radical (unpaired) electrons. The van der Waals surface area contributed by atoms with Crippen molar-refractivity contribution < 1.29 is 14.2 Å². The van der Waals surface area contributed by atoms with Gasteiger partial charge in [0.1, 0.15) is 23.7 Å². The number of ether oxygens (including phenoxy) is 1. The highest BCUT2D eigenvalue weighted by atomic mass is 35.5. The number of aromatic nitrogens is 2. The fraction of sp³-hybridized carbons (Fsp3) is 0.467. The Balaban J connectivity index is 1.34. The van der Waals surface area contributed by atoms with Crippen LogP contribution in [0.4, 0.5) is 10.2 Å². The number of hydrogen-bond donors (Lipinski definition) is 2. The van der Waals surface area contributed by atoms with Gasteiger partial charge in [-0.15, -0.1) is 11.3 Å². The number of phenolic OH excluding ortho intramolecular Hbond substituents is 1. The smallest absolute Gasteiger partial charge is 0.319 e. The Hall–Kier alpha value is -2.72. The monoisotopic (exact) mass is 581 g/mol. The number of fused-ring (bicyclic) bond motifs is 4.